The second-order valence-electron chi connectivity index (χ2n) is 11.9. The zero-order valence-electron chi connectivity index (χ0n) is 25.3. The van der Waals surface area contributed by atoms with Gasteiger partial charge >= 0.3 is 0 Å². The lowest BCUT2D eigenvalue weighted by atomic mass is 10.1. The van der Waals surface area contributed by atoms with Gasteiger partial charge in [0.05, 0.1) is 38.6 Å². The van der Waals surface area contributed by atoms with Gasteiger partial charge in [-0.2, -0.15) is 0 Å². The number of benzene rings is 6. The fourth-order valence-electron chi connectivity index (χ4n) is 7.26. The molecule has 0 saturated heterocycles. The lowest BCUT2D eigenvalue weighted by molar-refractivity contribution is 1.10. The van der Waals surface area contributed by atoms with E-state index >= 15 is 0 Å². The van der Waals surface area contributed by atoms with Crippen LogP contribution in [0.2, 0.25) is 0 Å². The number of fused-ring (bicyclic) bond motifs is 8. The van der Waals surface area contributed by atoms with Gasteiger partial charge in [-0.25, -0.2) is 4.98 Å². The van der Waals surface area contributed by atoms with Crippen LogP contribution in [0.5, 0.6) is 0 Å². The van der Waals surface area contributed by atoms with Gasteiger partial charge in [-0.05, 0) is 72.8 Å². The molecule has 5 heteroatoms. The van der Waals surface area contributed by atoms with Gasteiger partial charge in [0, 0.05) is 45.0 Å². The first kappa shape index (κ1) is 25.8. The van der Waals surface area contributed by atoms with Gasteiger partial charge in [0.25, 0.3) is 0 Å². The predicted octanol–water partition coefficient (Wildman–Crippen LogP) is 10.3. The van der Waals surface area contributed by atoms with Gasteiger partial charge in [0.15, 0.2) is 0 Å². The largest absolute Gasteiger partial charge is 0.307 e. The SMILES string of the molecule is c1ccc(-n2c(-c3ccc(-n4c5ccccc5c5ncc6c7ccccc7n(-c7ccccc7)c6c54)cc3)nc3ccccc32)cc1. The summed E-state index contributed by atoms with van der Waals surface area (Å²) in [6.07, 6.45) is 2.05. The van der Waals surface area contributed by atoms with Crippen LogP contribution < -0.4 is 0 Å². The van der Waals surface area contributed by atoms with Crippen molar-refractivity contribution in [3.8, 4) is 28.5 Å². The lowest BCUT2D eigenvalue weighted by Gasteiger charge is -2.13. The Labute approximate surface area is 270 Å². The van der Waals surface area contributed by atoms with Crippen molar-refractivity contribution in [3.05, 3.63) is 164 Å². The number of nitrogens with zero attached hydrogens (tertiary/aromatic N) is 5. The Kier molecular flexibility index (Phi) is 5.51. The molecule has 0 fully saturated rings. The molecule has 0 N–H and O–H groups in total. The fourth-order valence-corrected chi connectivity index (χ4v) is 7.26. The molecule has 5 nitrogen and oxygen atoms in total. The standard InChI is InChI=1S/C42H27N5/c1-3-13-29(14-4-1)45-36-20-10-7-17-32(36)34-27-43-39-33-18-8-11-21-37(33)46(41(39)40(34)45)31-25-23-28(24-26-31)42-44-35-19-9-12-22-38(35)47(42)30-15-5-2-6-16-30/h1-27H. The third-order valence-corrected chi connectivity index (χ3v) is 9.28. The molecule has 0 atom stereocenters. The highest BCUT2D eigenvalue weighted by atomic mass is 15.1. The predicted molar refractivity (Wildman–Crippen MR) is 193 cm³/mol. The first-order valence-corrected chi connectivity index (χ1v) is 15.9. The van der Waals surface area contributed by atoms with Gasteiger partial charge in [-0.3, -0.25) is 9.55 Å². The molecule has 4 heterocycles. The molecule has 220 valence electrons. The quantitative estimate of drug-likeness (QED) is 0.201. The smallest absolute Gasteiger partial charge is 0.145 e. The number of para-hydroxylation sites is 6. The zero-order valence-corrected chi connectivity index (χ0v) is 25.3. The normalized spacial score (nSPS) is 11.8. The van der Waals surface area contributed by atoms with Crippen molar-refractivity contribution in [2.45, 2.75) is 0 Å². The highest BCUT2D eigenvalue weighted by molar-refractivity contribution is 6.22. The van der Waals surface area contributed by atoms with Crippen LogP contribution in [0, 0.1) is 0 Å². The van der Waals surface area contributed by atoms with Crippen molar-refractivity contribution in [2.75, 3.05) is 0 Å². The van der Waals surface area contributed by atoms with Crippen LogP contribution in [-0.2, 0) is 0 Å². The van der Waals surface area contributed by atoms with Crippen molar-refractivity contribution in [1.29, 1.82) is 0 Å². The fraction of sp³-hybridized carbons (Fsp3) is 0. The summed E-state index contributed by atoms with van der Waals surface area (Å²) in [6, 6.07) is 55.4. The molecule has 0 unspecified atom stereocenters. The summed E-state index contributed by atoms with van der Waals surface area (Å²) in [6.45, 7) is 0. The van der Waals surface area contributed by atoms with E-state index in [1.165, 1.54) is 5.39 Å². The van der Waals surface area contributed by atoms with Gasteiger partial charge in [0.1, 0.15) is 5.82 Å². The molecule has 0 radical (unpaired) electrons. The maximum absolute atomic E-state index is 5.13. The summed E-state index contributed by atoms with van der Waals surface area (Å²) in [5.74, 6) is 0.916. The second-order valence-corrected chi connectivity index (χ2v) is 11.9. The molecule has 0 aliphatic carbocycles. The van der Waals surface area contributed by atoms with Gasteiger partial charge in [-0.1, -0.05) is 84.9 Å². The molecule has 10 aromatic rings. The minimum absolute atomic E-state index is 0.916. The molecule has 0 aliphatic heterocycles. The van der Waals surface area contributed by atoms with E-state index < -0.39 is 0 Å². The average Bonchev–Trinajstić information content (AvgIpc) is 3.81. The maximum atomic E-state index is 5.13. The second kappa shape index (κ2) is 10.0. The molecule has 0 saturated carbocycles. The number of aromatic nitrogens is 5. The molecule has 0 aliphatic rings. The van der Waals surface area contributed by atoms with Crippen molar-refractivity contribution in [2.24, 2.45) is 0 Å². The van der Waals surface area contributed by atoms with E-state index in [0.717, 1.165) is 77.8 Å². The van der Waals surface area contributed by atoms with Crippen LogP contribution in [0.25, 0.3) is 83.2 Å². The van der Waals surface area contributed by atoms with E-state index in [1.54, 1.807) is 0 Å². The van der Waals surface area contributed by atoms with Crippen molar-refractivity contribution in [3.63, 3.8) is 0 Å². The first-order valence-electron chi connectivity index (χ1n) is 15.9. The van der Waals surface area contributed by atoms with Crippen molar-refractivity contribution >= 4 is 54.8 Å². The Morgan fingerprint density at radius 3 is 1.64 bits per heavy atom. The summed E-state index contributed by atoms with van der Waals surface area (Å²) in [7, 11) is 0. The Bertz CT molecular complexity index is 2770. The van der Waals surface area contributed by atoms with Gasteiger partial charge in [-0.15, -0.1) is 0 Å². The first-order chi connectivity index (χ1) is 23.3. The number of hydrogen-bond acceptors (Lipinski definition) is 2. The third-order valence-electron chi connectivity index (χ3n) is 9.28. The Balaban J connectivity index is 1.26. The van der Waals surface area contributed by atoms with Gasteiger partial charge in [0.2, 0.25) is 0 Å². The highest BCUT2D eigenvalue weighted by Gasteiger charge is 2.22. The van der Waals surface area contributed by atoms with Crippen LogP contribution in [0.15, 0.2) is 164 Å². The van der Waals surface area contributed by atoms with E-state index in [1.807, 2.05) is 18.3 Å². The van der Waals surface area contributed by atoms with E-state index in [-0.39, 0.29) is 0 Å². The van der Waals surface area contributed by atoms with Crippen LogP contribution in [0.4, 0.5) is 0 Å². The Morgan fingerprint density at radius 1 is 0.383 bits per heavy atom. The lowest BCUT2D eigenvalue weighted by Crippen LogP contribution is -2.00. The van der Waals surface area contributed by atoms with E-state index in [2.05, 4.69) is 159 Å². The monoisotopic (exact) mass is 601 g/mol. The minimum atomic E-state index is 0.916. The maximum Gasteiger partial charge on any atom is 0.145 e. The van der Waals surface area contributed by atoms with E-state index in [4.69, 9.17) is 9.97 Å². The molecule has 0 amide bonds. The number of pyridine rings is 1. The van der Waals surface area contributed by atoms with Crippen LogP contribution in [0.3, 0.4) is 0 Å². The van der Waals surface area contributed by atoms with Crippen LogP contribution in [-0.4, -0.2) is 23.7 Å². The molecule has 10 rings (SSSR count). The zero-order chi connectivity index (χ0) is 30.9. The highest BCUT2D eigenvalue weighted by Crippen LogP contribution is 2.40. The van der Waals surface area contributed by atoms with E-state index in [0.29, 0.717) is 0 Å². The summed E-state index contributed by atoms with van der Waals surface area (Å²) in [5.41, 5.74) is 11.9. The summed E-state index contributed by atoms with van der Waals surface area (Å²) in [5, 5.41) is 3.45. The molecule has 0 spiro atoms. The minimum Gasteiger partial charge on any atom is -0.307 e. The van der Waals surface area contributed by atoms with Crippen molar-refractivity contribution < 1.29 is 0 Å². The van der Waals surface area contributed by atoms with E-state index in [9.17, 15) is 0 Å². The third kappa shape index (κ3) is 3.77. The van der Waals surface area contributed by atoms with Crippen molar-refractivity contribution in [1.82, 2.24) is 23.7 Å². The molecule has 0 bridgehead atoms. The summed E-state index contributed by atoms with van der Waals surface area (Å²) in [4.78, 5) is 10.2. The van der Waals surface area contributed by atoms with Gasteiger partial charge < -0.3 is 9.13 Å². The number of rotatable bonds is 4. The molecular formula is C42H27N5. The average molecular weight is 602 g/mol. The molecular weight excluding hydrogens is 574 g/mol. The van der Waals surface area contributed by atoms with Crippen LogP contribution >= 0.6 is 0 Å². The topological polar surface area (TPSA) is 40.6 Å². The molecule has 4 aromatic heterocycles. The molecule has 6 aromatic carbocycles. The van der Waals surface area contributed by atoms with Crippen LogP contribution in [0.1, 0.15) is 0 Å². The summed E-state index contributed by atoms with van der Waals surface area (Å²) >= 11 is 0. The number of hydrogen-bond donors (Lipinski definition) is 0. The summed E-state index contributed by atoms with van der Waals surface area (Å²) < 4.78 is 7.01. The Morgan fingerprint density at radius 2 is 0.915 bits per heavy atom. The molecule has 47 heavy (non-hydrogen) atoms. The Hall–Kier alpha value is -6.46. The number of imidazole rings is 1.